The summed E-state index contributed by atoms with van der Waals surface area (Å²) in [6, 6.07) is 6.93. The Balaban J connectivity index is 1.95. The molecule has 1 saturated heterocycles. The van der Waals surface area contributed by atoms with Crippen LogP contribution in [0.2, 0.25) is 0 Å². The van der Waals surface area contributed by atoms with E-state index in [1.54, 1.807) is 6.20 Å². The van der Waals surface area contributed by atoms with Gasteiger partial charge in [0.1, 0.15) is 11.7 Å². The van der Waals surface area contributed by atoms with Crippen molar-refractivity contribution >= 4 is 28.5 Å². The molecule has 3 rings (SSSR count). The minimum absolute atomic E-state index is 0.0351. The Kier molecular flexibility index (Phi) is 3.82. The highest BCUT2D eigenvalue weighted by molar-refractivity contribution is 6.10. The highest BCUT2D eigenvalue weighted by Crippen LogP contribution is 2.23. The van der Waals surface area contributed by atoms with Crippen molar-refractivity contribution in [1.29, 1.82) is 0 Å². The van der Waals surface area contributed by atoms with Gasteiger partial charge in [-0.1, -0.05) is 26.0 Å². The maximum atomic E-state index is 12.5. The van der Waals surface area contributed by atoms with Gasteiger partial charge >= 0.3 is 0 Å². The third kappa shape index (κ3) is 2.92. The zero-order valence-corrected chi connectivity index (χ0v) is 12.9. The number of nitrogens with zero attached hydrogens (tertiary/aromatic N) is 1. The van der Waals surface area contributed by atoms with Crippen molar-refractivity contribution in [3.63, 3.8) is 0 Å². The van der Waals surface area contributed by atoms with Crippen LogP contribution >= 0.6 is 0 Å². The number of rotatable bonds is 3. The molecule has 1 fully saturated rings. The summed E-state index contributed by atoms with van der Waals surface area (Å²) in [7, 11) is 0. The molecule has 6 heteroatoms. The van der Waals surface area contributed by atoms with E-state index in [-0.39, 0.29) is 18.0 Å². The molecule has 0 bridgehead atoms. The predicted octanol–water partition coefficient (Wildman–Crippen LogP) is 1.50. The summed E-state index contributed by atoms with van der Waals surface area (Å²) in [5.74, 6) is -0.986. The monoisotopic (exact) mass is 311 g/mol. The summed E-state index contributed by atoms with van der Waals surface area (Å²) in [5.41, 5.74) is 1.37. The van der Waals surface area contributed by atoms with Crippen molar-refractivity contribution in [2.75, 3.05) is 0 Å². The molecule has 1 unspecified atom stereocenters. The fraction of sp³-hybridized carbons (Fsp3) is 0.294. The number of imide groups is 1. The molecule has 2 aromatic rings. The van der Waals surface area contributed by atoms with Crippen LogP contribution < -0.4 is 10.6 Å². The normalized spacial score (nSPS) is 17.6. The molecule has 3 amide bonds. The van der Waals surface area contributed by atoms with Gasteiger partial charge in [0.2, 0.25) is 11.8 Å². The maximum Gasteiger partial charge on any atom is 0.271 e. The first-order valence-electron chi connectivity index (χ1n) is 7.49. The largest absolute Gasteiger partial charge is 0.338 e. The van der Waals surface area contributed by atoms with Crippen LogP contribution in [0, 0.1) is 0 Å². The van der Waals surface area contributed by atoms with Gasteiger partial charge in [-0.2, -0.15) is 0 Å². The van der Waals surface area contributed by atoms with Gasteiger partial charge in [-0.3, -0.25) is 24.7 Å². The fourth-order valence-corrected chi connectivity index (χ4v) is 2.62. The lowest BCUT2D eigenvalue weighted by molar-refractivity contribution is -0.125. The number of pyridine rings is 1. The van der Waals surface area contributed by atoms with Crippen LogP contribution in [0.25, 0.3) is 10.8 Å². The molecule has 1 aromatic heterocycles. The van der Waals surface area contributed by atoms with Gasteiger partial charge in [0.25, 0.3) is 5.91 Å². The highest BCUT2D eigenvalue weighted by atomic mass is 16.2. The van der Waals surface area contributed by atoms with Crippen molar-refractivity contribution in [2.24, 2.45) is 0 Å². The second-order valence-corrected chi connectivity index (χ2v) is 5.94. The van der Waals surface area contributed by atoms with Gasteiger partial charge in [-0.05, 0) is 29.0 Å². The van der Waals surface area contributed by atoms with E-state index < -0.39 is 17.9 Å². The van der Waals surface area contributed by atoms with Crippen molar-refractivity contribution < 1.29 is 14.4 Å². The Bertz CT molecular complexity index is 814. The van der Waals surface area contributed by atoms with Gasteiger partial charge < -0.3 is 5.32 Å². The molecule has 0 saturated carbocycles. The fourth-order valence-electron chi connectivity index (χ4n) is 2.62. The van der Waals surface area contributed by atoms with Crippen molar-refractivity contribution in [2.45, 2.75) is 32.2 Å². The smallest absolute Gasteiger partial charge is 0.271 e. The van der Waals surface area contributed by atoms with E-state index in [4.69, 9.17) is 0 Å². The number of carbonyl (C=O) groups is 3. The van der Waals surface area contributed by atoms with Crippen molar-refractivity contribution in [3.05, 3.63) is 41.7 Å². The van der Waals surface area contributed by atoms with E-state index in [1.807, 2.05) is 24.3 Å². The number of benzene rings is 1. The SMILES string of the molecule is CC(C)c1ccc2ccnc(C(=O)NC3CC(=O)NC3=O)c2c1. The molecular weight excluding hydrogens is 294 g/mol. The molecule has 23 heavy (non-hydrogen) atoms. The molecule has 1 aliphatic heterocycles. The van der Waals surface area contributed by atoms with Crippen molar-refractivity contribution in [3.8, 4) is 0 Å². The molecule has 2 heterocycles. The third-order valence-corrected chi connectivity index (χ3v) is 3.95. The van der Waals surface area contributed by atoms with Crippen molar-refractivity contribution in [1.82, 2.24) is 15.6 Å². The van der Waals surface area contributed by atoms with Crippen LogP contribution in [-0.2, 0) is 9.59 Å². The van der Waals surface area contributed by atoms with E-state index in [0.29, 0.717) is 5.92 Å². The lowest BCUT2D eigenvalue weighted by Gasteiger charge is -2.12. The number of amides is 3. The van der Waals surface area contributed by atoms with Gasteiger partial charge in [-0.25, -0.2) is 0 Å². The number of nitrogens with one attached hydrogen (secondary N) is 2. The Morgan fingerprint density at radius 3 is 2.74 bits per heavy atom. The van der Waals surface area contributed by atoms with Crippen LogP contribution in [-0.4, -0.2) is 28.7 Å². The number of hydrogen-bond acceptors (Lipinski definition) is 4. The maximum absolute atomic E-state index is 12.5. The summed E-state index contributed by atoms with van der Waals surface area (Å²) in [5, 5.41) is 6.39. The number of carbonyl (C=O) groups excluding carboxylic acids is 3. The first-order chi connectivity index (χ1) is 11.0. The second kappa shape index (κ2) is 5.79. The van der Waals surface area contributed by atoms with Crippen LogP contribution in [0.15, 0.2) is 30.5 Å². The second-order valence-electron chi connectivity index (χ2n) is 5.94. The summed E-state index contributed by atoms with van der Waals surface area (Å²) < 4.78 is 0. The lowest BCUT2D eigenvalue weighted by Crippen LogP contribution is -2.40. The Morgan fingerprint density at radius 1 is 1.30 bits per heavy atom. The van der Waals surface area contributed by atoms with Crippen LogP contribution in [0.5, 0.6) is 0 Å². The molecule has 1 aromatic carbocycles. The quantitative estimate of drug-likeness (QED) is 0.841. The molecule has 6 nitrogen and oxygen atoms in total. The van der Waals surface area contributed by atoms with Gasteiger partial charge in [0.15, 0.2) is 0 Å². The average Bonchev–Trinajstić information content (AvgIpc) is 2.83. The number of fused-ring (bicyclic) bond motifs is 1. The summed E-state index contributed by atoms with van der Waals surface area (Å²) in [6.07, 6.45) is 1.53. The summed E-state index contributed by atoms with van der Waals surface area (Å²) >= 11 is 0. The Labute approximate surface area is 133 Å². The Morgan fingerprint density at radius 2 is 2.09 bits per heavy atom. The summed E-state index contributed by atoms with van der Waals surface area (Å²) in [6.45, 7) is 4.15. The van der Waals surface area contributed by atoms with Crippen LogP contribution in [0.1, 0.15) is 42.2 Å². The third-order valence-electron chi connectivity index (χ3n) is 3.95. The highest BCUT2D eigenvalue weighted by Gasteiger charge is 2.32. The first kappa shape index (κ1) is 15.1. The van der Waals surface area contributed by atoms with Crippen LogP contribution in [0.4, 0.5) is 0 Å². The minimum Gasteiger partial charge on any atom is -0.338 e. The lowest BCUT2D eigenvalue weighted by atomic mass is 9.98. The van der Waals surface area contributed by atoms with Gasteiger partial charge in [-0.15, -0.1) is 0 Å². The molecule has 0 radical (unpaired) electrons. The van der Waals surface area contributed by atoms with E-state index in [1.165, 1.54) is 0 Å². The molecule has 118 valence electrons. The van der Waals surface area contributed by atoms with Gasteiger partial charge in [0.05, 0.1) is 6.42 Å². The standard InChI is InChI=1S/C17H17N3O3/c1-9(2)11-4-3-10-5-6-18-15(12(10)7-11)17(23)19-13-8-14(21)20-16(13)22/h3-7,9,13H,8H2,1-2H3,(H,19,23)(H,20,21,22). The molecule has 0 spiro atoms. The molecule has 1 aliphatic rings. The molecular formula is C17H17N3O3. The van der Waals surface area contributed by atoms with E-state index in [0.717, 1.165) is 16.3 Å². The minimum atomic E-state index is -0.833. The average molecular weight is 311 g/mol. The van der Waals surface area contributed by atoms with Gasteiger partial charge in [0, 0.05) is 11.6 Å². The Hall–Kier alpha value is -2.76. The topological polar surface area (TPSA) is 88.2 Å². The summed E-state index contributed by atoms with van der Waals surface area (Å²) in [4.78, 5) is 39.5. The molecule has 1 atom stereocenters. The van der Waals surface area contributed by atoms with E-state index in [2.05, 4.69) is 29.5 Å². The number of hydrogen-bond donors (Lipinski definition) is 2. The first-order valence-corrected chi connectivity index (χ1v) is 7.49. The zero-order chi connectivity index (χ0) is 16.6. The molecule has 2 N–H and O–H groups in total. The van der Waals surface area contributed by atoms with E-state index in [9.17, 15) is 14.4 Å². The predicted molar refractivity (Wildman–Crippen MR) is 84.9 cm³/mol. The van der Waals surface area contributed by atoms with E-state index >= 15 is 0 Å². The zero-order valence-electron chi connectivity index (χ0n) is 12.9. The number of aromatic nitrogens is 1. The molecule has 0 aliphatic carbocycles. The van der Waals surface area contributed by atoms with Crippen LogP contribution in [0.3, 0.4) is 0 Å².